The number of methoxy groups -OCH3 is 1. The largest absolute Gasteiger partial charge is 0.483 e. The molecule has 45 heavy (non-hydrogen) atoms. The third-order valence-electron chi connectivity index (χ3n) is 7.92. The number of fused-ring (bicyclic) bond motifs is 1. The summed E-state index contributed by atoms with van der Waals surface area (Å²) in [5.74, 6) is -2.19. The maximum atomic E-state index is 15.7. The van der Waals surface area contributed by atoms with E-state index in [0.717, 1.165) is 28.6 Å². The fourth-order valence-electron chi connectivity index (χ4n) is 5.51. The van der Waals surface area contributed by atoms with Crippen molar-refractivity contribution in [3.05, 3.63) is 77.1 Å². The Kier molecular flexibility index (Phi) is 9.31. The molecule has 0 N–H and O–H groups in total. The summed E-state index contributed by atoms with van der Waals surface area (Å²) in [6.45, 7) is 0.287. The Balaban J connectivity index is 1.45. The molecule has 3 aromatic rings. The molecular formula is C31H29ClF4N2O6S. The van der Waals surface area contributed by atoms with Gasteiger partial charge in [-0.25, -0.2) is 12.8 Å². The van der Waals surface area contributed by atoms with Gasteiger partial charge in [-0.1, -0.05) is 29.8 Å². The second-order valence-electron chi connectivity index (χ2n) is 10.8. The van der Waals surface area contributed by atoms with Gasteiger partial charge in [0.05, 0.1) is 35.7 Å². The minimum absolute atomic E-state index is 0.000695. The van der Waals surface area contributed by atoms with Crippen LogP contribution in [0.2, 0.25) is 5.02 Å². The Morgan fingerprint density at radius 2 is 1.73 bits per heavy atom. The molecule has 2 aliphatic rings. The van der Waals surface area contributed by atoms with Crippen molar-refractivity contribution in [1.29, 1.82) is 0 Å². The van der Waals surface area contributed by atoms with Gasteiger partial charge in [-0.2, -0.15) is 13.2 Å². The summed E-state index contributed by atoms with van der Waals surface area (Å²) in [5.41, 5.74) is -0.612. The highest BCUT2D eigenvalue weighted by Gasteiger charge is 2.39. The molecule has 0 spiro atoms. The fraction of sp³-hybridized carbons (Fsp3) is 0.355. The van der Waals surface area contributed by atoms with E-state index in [1.165, 1.54) is 13.2 Å². The highest BCUT2D eigenvalue weighted by molar-refractivity contribution is 7.92. The van der Waals surface area contributed by atoms with Gasteiger partial charge in [0, 0.05) is 24.5 Å². The van der Waals surface area contributed by atoms with Crippen molar-refractivity contribution in [1.82, 2.24) is 4.90 Å². The van der Waals surface area contributed by atoms with E-state index in [-0.39, 0.29) is 48.4 Å². The number of sulfonamides is 1. The van der Waals surface area contributed by atoms with Crippen LogP contribution in [0.5, 0.6) is 5.75 Å². The van der Waals surface area contributed by atoms with Crippen LogP contribution < -0.4 is 9.04 Å². The van der Waals surface area contributed by atoms with E-state index in [4.69, 9.17) is 21.1 Å². The first kappa shape index (κ1) is 32.6. The molecule has 14 heteroatoms. The molecule has 2 aliphatic heterocycles. The first-order valence-corrected chi connectivity index (χ1v) is 15.9. The summed E-state index contributed by atoms with van der Waals surface area (Å²) < 4.78 is 95.5. The number of amides is 1. The summed E-state index contributed by atoms with van der Waals surface area (Å²) in [5, 5.41) is 0.356. The van der Waals surface area contributed by atoms with Crippen molar-refractivity contribution >= 4 is 39.2 Å². The SMILES string of the molecule is COC(=O)C1CCN(C(=O)CC[C@H]2CN(S(=O)(=O)c3cccc(C(F)(F)F)c3)c3cc(-c4cccc(Cl)c4)cc(F)c3O2)CC1. The highest BCUT2D eigenvalue weighted by Crippen LogP contribution is 2.43. The molecule has 3 aromatic carbocycles. The number of likely N-dealkylation sites (tertiary alicyclic amines) is 1. The summed E-state index contributed by atoms with van der Waals surface area (Å²) in [6, 6.07) is 12.3. The molecule has 1 amide bonds. The third-order valence-corrected chi connectivity index (χ3v) is 9.93. The number of ether oxygens (including phenoxy) is 2. The van der Waals surface area contributed by atoms with E-state index in [0.29, 0.717) is 42.6 Å². The fourth-order valence-corrected chi connectivity index (χ4v) is 7.24. The highest BCUT2D eigenvalue weighted by atomic mass is 35.5. The van der Waals surface area contributed by atoms with Gasteiger partial charge in [0.25, 0.3) is 10.0 Å². The first-order chi connectivity index (χ1) is 21.3. The zero-order chi connectivity index (χ0) is 32.5. The third kappa shape index (κ3) is 7.04. The number of carbonyl (C=O) groups excluding carboxylic acids is 2. The monoisotopic (exact) mass is 668 g/mol. The van der Waals surface area contributed by atoms with Gasteiger partial charge in [-0.3, -0.25) is 13.9 Å². The Morgan fingerprint density at radius 1 is 1.02 bits per heavy atom. The Morgan fingerprint density at radius 3 is 2.40 bits per heavy atom. The summed E-state index contributed by atoms with van der Waals surface area (Å²) >= 11 is 6.11. The van der Waals surface area contributed by atoms with Crippen LogP contribution in [-0.2, 0) is 30.5 Å². The van der Waals surface area contributed by atoms with Crippen LogP contribution in [-0.4, -0.2) is 58.0 Å². The van der Waals surface area contributed by atoms with Crippen molar-refractivity contribution in [3.8, 4) is 16.9 Å². The molecule has 8 nitrogen and oxygen atoms in total. The number of esters is 1. The lowest BCUT2D eigenvalue weighted by molar-refractivity contribution is -0.149. The number of hydrogen-bond donors (Lipinski definition) is 0. The van der Waals surface area contributed by atoms with Crippen LogP contribution in [0.1, 0.15) is 31.2 Å². The van der Waals surface area contributed by atoms with Gasteiger partial charge in [0.15, 0.2) is 11.6 Å². The van der Waals surface area contributed by atoms with E-state index in [9.17, 15) is 31.2 Å². The Labute approximate surface area is 262 Å². The number of alkyl halides is 3. The van der Waals surface area contributed by atoms with E-state index in [1.54, 1.807) is 29.2 Å². The zero-order valence-electron chi connectivity index (χ0n) is 24.0. The minimum atomic E-state index is -4.80. The first-order valence-electron chi connectivity index (χ1n) is 14.1. The lowest BCUT2D eigenvalue weighted by atomic mass is 9.96. The standard InChI is InChI=1S/C31H29ClF4N2O6S/c1-43-30(40)19-10-12-37(13-11-19)28(39)9-8-24-18-38(45(41,42)25-7-3-5-22(17-25)31(34,35)36)27-16-21(15-26(33)29(27)44-24)20-4-2-6-23(32)14-20/h2-7,14-17,19,24H,8-13,18H2,1H3/t24-/m0/s1. The molecule has 240 valence electrons. The Bertz CT molecular complexity index is 1710. The van der Waals surface area contributed by atoms with E-state index in [1.807, 2.05) is 0 Å². The zero-order valence-corrected chi connectivity index (χ0v) is 25.6. The Hall–Kier alpha value is -3.84. The average Bonchev–Trinajstić information content (AvgIpc) is 3.02. The van der Waals surface area contributed by atoms with Crippen molar-refractivity contribution in [2.75, 3.05) is 31.0 Å². The number of rotatable bonds is 7. The van der Waals surface area contributed by atoms with Crippen LogP contribution in [0.15, 0.2) is 65.6 Å². The predicted molar refractivity (Wildman–Crippen MR) is 158 cm³/mol. The van der Waals surface area contributed by atoms with E-state index in [2.05, 4.69) is 0 Å². The predicted octanol–water partition coefficient (Wildman–Crippen LogP) is 6.31. The smallest absolute Gasteiger partial charge is 0.416 e. The second-order valence-corrected chi connectivity index (χ2v) is 13.1. The molecule has 1 atom stereocenters. The van der Waals surface area contributed by atoms with Crippen molar-refractivity contribution in [2.24, 2.45) is 5.92 Å². The molecule has 0 aliphatic carbocycles. The molecule has 5 rings (SSSR count). The van der Waals surface area contributed by atoms with Gasteiger partial charge >= 0.3 is 12.1 Å². The number of piperidine rings is 1. The van der Waals surface area contributed by atoms with Crippen LogP contribution in [0, 0.1) is 11.7 Å². The number of benzene rings is 3. The van der Waals surface area contributed by atoms with Crippen molar-refractivity contribution in [3.63, 3.8) is 0 Å². The summed E-state index contributed by atoms with van der Waals surface area (Å²) in [4.78, 5) is 25.8. The molecular weight excluding hydrogens is 640 g/mol. The van der Waals surface area contributed by atoms with Crippen LogP contribution >= 0.6 is 11.6 Å². The molecule has 0 bridgehead atoms. The molecule has 0 aromatic heterocycles. The second kappa shape index (κ2) is 12.9. The summed E-state index contributed by atoms with van der Waals surface area (Å²) in [7, 11) is -3.36. The average molecular weight is 669 g/mol. The van der Waals surface area contributed by atoms with Crippen LogP contribution in [0.3, 0.4) is 0 Å². The maximum Gasteiger partial charge on any atom is 0.416 e. The topological polar surface area (TPSA) is 93.2 Å². The number of anilines is 1. The quantitative estimate of drug-likeness (QED) is 0.216. The lowest BCUT2D eigenvalue weighted by Crippen LogP contribution is -2.45. The molecule has 0 radical (unpaired) electrons. The van der Waals surface area contributed by atoms with Crippen LogP contribution in [0.4, 0.5) is 23.2 Å². The molecule has 0 unspecified atom stereocenters. The van der Waals surface area contributed by atoms with E-state index < -0.39 is 44.3 Å². The number of hydrogen-bond acceptors (Lipinski definition) is 6. The summed E-state index contributed by atoms with van der Waals surface area (Å²) in [6.07, 6.45) is -4.98. The number of halogens is 5. The van der Waals surface area contributed by atoms with Gasteiger partial charge < -0.3 is 14.4 Å². The molecule has 0 saturated carbocycles. The molecule has 2 heterocycles. The maximum absolute atomic E-state index is 15.7. The van der Waals surface area contributed by atoms with Gasteiger partial charge in [-0.15, -0.1) is 0 Å². The van der Waals surface area contributed by atoms with Crippen LogP contribution in [0.25, 0.3) is 11.1 Å². The molecule has 1 saturated heterocycles. The van der Waals surface area contributed by atoms with Gasteiger partial charge in [0.1, 0.15) is 6.10 Å². The van der Waals surface area contributed by atoms with Crippen molar-refractivity contribution in [2.45, 2.75) is 42.9 Å². The molecule has 1 fully saturated rings. The van der Waals surface area contributed by atoms with Gasteiger partial charge in [0.2, 0.25) is 5.91 Å². The number of nitrogens with zero attached hydrogens (tertiary/aromatic N) is 2. The van der Waals surface area contributed by atoms with Gasteiger partial charge in [-0.05, 0) is 72.9 Å². The lowest BCUT2D eigenvalue weighted by Gasteiger charge is -2.36. The normalized spacial score (nSPS) is 17.4. The minimum Gasteiger partial charge on any atom is -0.483 e. The van der Waals surface area contributed by atoms with Crippen molar-refractivity contribution < 1.29 is 45.0 Å². The van der Waals surface area contributed by atoms with E-state index >= 15 is 4.39 Å². The number of carbonyl (C=O) groups is 2.